The fourth-order valence-electron chi connectivity index (χ4n) is 1.64. The van der Waals surface area contributed by atoms with Crippen LogP contribution in [0, 0.1) is 0 Å². The van der Waals surface area contributed by atoms with Crippen molar-refractivity contribution in [2.45, 2.75) is 13.5 Å². The molecule has 1 heterocycles. The SMILES string of the molecule is CCN(Cc1cccs1)C(=S)Nc1ccccc1. The molecule has 0 saturated carbocycles. The van der Waals surface area contributed by atoms with Gasteiger partial charge in [0.05, 0.1) is 6.54 Å². The van der Waals surface area contributed by atoms with Crippen molar-refractivity contribution in [3.63, 3.8) is 0 Å². The maximum Gasteiger partial charge on any atom is 0.173 e. The Kier molecular flexibility index (Phi) is 4.73. The third-order valence-corrected chi connectivity index (χ3v) is 3.84. The highest BCUT2D eigenvalue weighted by Crippen LogP contribution is 2.13. The van der Waals surface area contributed by atoms with Gasteiger partial charge in [-0.1, -0.05) is 24.3 Å². The summed E-state index contributed by atoms with van der Waals surface area (Å²) in [5.41, 5.74) is 1.03. The van der Waals surface area contributed by atoms with E-state index in [4.69, 9.17) is 12.2 Å². The molecule has 2 aromatic rings. The van der Waals surface area contributed by atoms with Crippen molar-refractivity contribution in [3.05, 3.63) is 52.7 Å². The van der Waals surface area contributed by atoms with Gasteiger partial charge in [-0.05, 0) is 42.7 Å². The summed E-state index contributed by atoms with van der Waals surface area (Å²) in [6.45, 7) is 3.88. The summed E-state index contributed by atoms with van der Waals surface area (Å²) in [5.74, 6) is 0. The summed E-state index contributed by atoms with van der Waals surface area (Å²) in [6, 6.07) is 14.2. The van der Waals surface area contributed by atoms with Crippen LogP contribution in [0.3, 0.4) is 0 Å². The zero-order valence-electron chi connectivity index (χ0n) is 10.3. The molecule has 0 unspecified atom stereocenters. The predicted octanol–water partition coefficient (Wildman–Crippen LogP) is 3.97. The zero-order valence-corrected chi connectivity index (χ0v) is 11.9. The van der Waals surface area contributed by atoms with Crippen molar-refractivity contribution in [2.75, 3.05) is 11.9 Å². The van der Waals surface area contributed by atoms with Crippen molar-refractivity contribution >= 4 is 34.4 Å². The lowest BCUT2D eigenvalue weighted by atomic mass is 10.3. The molecule has 0 aliphatic rings. The first-order valence-corrected chi connectivity index (χ1v) is 7.21. The first-order valence-electron chi connectivity index (χ1n) is 5.93. The zero-order chi connectivity index (χ0) is 12.8. The lowest BCUT2D eigenvalue weighted by Crippen LogP contribution is -2.33. The summed E-state index contributed by atoms with van der Waals surface area (Å²) >= 11 is 7.21. The summed E-state index contributed by atoms with van der Waals surface area (Å²) in [5, 5.41) is 6.14. The van der Waals surface area contributed by atoms with E-state index in [2.05, 4.69) is 34.7 Å². The van der Waals surface area contributed by atoms with Crippen molar-refractivity contribution < 1.29 is 0 Å². The molecule has 0 aliphatic carbocycles. The topological polar surface area (TPSA) is 15.3 Å². The maximum atomic E-state index is 5.45. The Morgan fingerprint density at radius 3 is 2.61 bits per heavy atom. The molecule has 18 heavy (non-hydrogen) atoms. The Hall–Kier alpha value is -1.39. The predicted molar refractivity (Wildman–Crippen MR) is 83.1 cm³/mol. The Balaban J connectivity index is 1.98. The minimum absolute atomic E-state index is 0.775. The van der Waals surface area contributed by atoms with Crippen LogP contribution in [0.1, 0.15) is 11.8 Å². The largest absolute Gasteiger partial charge is 0.344 e. The molecule has 0 amide bonds. The summed E-state index contributed by atoms with van der Waals surface area (Å²) < 4.78 is 0. The molecular formula is C14H16N2S2. The molecule has 0 radical (unpaired) electrons. The minimum atomic E-state index is 0.775. The minimum Gasteiger partial charge on any atom is -0.344 e. The van der Waals surface area contributed by atoms with Gasteiger partial charge in [0.1, 0.15) is 0 Å². The van der Waals surface area contributed by atoms with Crippen molar-refractivity contribution in [1.29, 1.82) is 0 Å². The first kappa shape index (κ1) is 13.1. The molecule has 0 saturated heterocycles. The van der Waals surface area contributed by atoms with Crippen LogP contribution in [0.2, 0.25) is 0 Å². The van der Waals surface area contributed by atoms with Crippen LogP contribution in [-0.4, -0.2) is 16.6 Å². The molecule has 1 N–H and O–H groups in total. The van der Waals surface area contributed by atoms with Gasteiger partial charge in [0.2, 0.25) is 0 Å². The fraction of sp³-hybridized carbons (Fsp3) is 0.214. The summed E-state index contributed by atoms with van der Waals surface area (Å²) in [7, 11) is 0. The third-order valence-electron chi connectivity index (χ3n) is 2.62. The van der Waals surface area contributed by atoms with E-state index in [0.717, 1.165) is 23.9 Å². The third kappa shape index (κ3) is 3.55. The van der Waals surface area contributed by atoms with Gasteiger partial charge in [0.25, 0.3) is 0 Å². The highest BCUT2D eigenvalue weighted by Gasteiger charge is 2.08. The van der Waals surface area contributed by atoms with Gasteiger partial charge < -0.3 is 10.2 Å². The van der Waals surface area contributed by atoms with Gasteiger partial charge in [-0.3, -0.25) is 0 Å². The lowest BCUT2D eigenvalue weighted by Gasteiger charge is -2.23. The Bertz CT molecular complexity index is 480. The quantitative estimate of drug-likeness (QED) is 0.851. The van der Waals surface area contributed by atoms with Gasteiger partial charge >= 0.3 is 0 Å². The summed E-state index contributed by atoms with van der Waals surface area (Å²) in [6.07, 6.45) is 0. The van der Waals surface area contributed by atoms with Gasteiger partial charge in [0, 0.05) is 17.1 Å². The standard InChI is InChI=1S/C14H16N2S2/c1-2-16(11-13-9-6-10-18-13)14(17)15-12-7-4-3-5-8-12/h3-10H,2,11H2,1H3,(H,15,17). The van der Waals surface area contributed by atoms with Crippen LogP contribution in [0.5, 0.6) is 0 Å². The van der Waals surface area contributed by atoms with E-state index in [9.17, 15) is 0 Å². The van der Waals surface area contributed by atoms with Crippen LogP contribution in [0.25, 0.3) is 0 Å². The Morgan fingerprint density at radius 2 is 2.00 bits per heavy atom. The highest BCUT2D eigenvalue weighted by molar-refractivity contribution is 7.80. The number of rotatable bonds is 4. The number of para-hydroxylation sites is 1. The molecule has 0 spiro atoms. The molecule has 2 nitrogen and oxygen atoms in total. The van der Waals surface area contributed by atoms with E-state index in [0.29, 0.717) is 0 Å². The smallest absolute Gasteiger partial charge is 0.173 e. The molecular weight excluding hydrogens is 260 g/mol. The van der Waals surface area contributed by atoms with Crippen molar-refractivity contribution in [3.8, 4) is 0 Å². The Morgan fingerprint density at radius 1 is 1.22 bits per heavy atom. The second-order valence-electron chi connectivity index (χ2n) is 3.89. The van der Waals surface area contributed by atoms with Crippen molar-refractivity contribution in [2.24, 2.45) is 0 Å². The van der Waals surface area contributed by atoms with Gasteiger partial charge in [-0.2, -0.15) is 0 Å². The van der Waals surface area contributed by atoms with E-state index < -0.39 is 0 Å². The highest BCUT2D eigenvalue weighted by atomic mass is 32.1. The summed E-state index contributed by atoms with van der Waals surface area (Å²) in [4.78, 5) is 3.49. The number of benzene rings is 1. The molecule has 1 aromatic carbocycles. The Labute approximate surface area is 117 Å². The average Bonchev–Trinajstić information content (AvgIpc) is 2.90. The van der Waals surface area contributed by atoms with Gasteiger partial charge in [0.15, 0.2) is 5.11 Å². The molecule has 4 heteroatoms. The van der Waals surface area contributed by atoms with Crippen molar-refractivity contribution in [1.82, 2.24) is 4.90 Å². The van der Waals surface area contributed by atoms with Gasteiger partial charge in [-0.15, -0.1) is 11.3 Å². The van der Waals surface area contributed by atoms with E-state index in [1.807, 2.05) is 30.3 Å². The maximum absolute atomic E-state index is 5.45. The van der Waals surface area contributed by atoms with Gasteiger partial charge in [-0.25, -0.2) is 0 Å². The van der Waals surface area contributed by atoms with Crippen LogP contribution >= 0.6 is 23.6 Å². The monoisotopic (exact) mass is 276 g/mol. The number of thiocarbonyl (C=S) groups is 1. The number of nitrogens with one attached hydrogen (secondary N) is 1. The fourth-order valence-corrected chi connectivity index (χ4v) is 2.67. The molecule has 0 bridgehead atoms. The normalized spacial score (nSPS) is 10.1. The molecule has 0 fully saturated rings. The average molecular weight is 276 g/mol. The second-order valence-corrected chi connectivity index (χ2v) is 5.31. The van der Waals surface area contributed by atoms with E-state index in [-0.39, 0.29) is 0 Å². The number of nitrogens with zero attached hydrogens (tertiary/aromatic N) is 1. The molecule has 0 atom stereocenters. The number of hydrogen-bond donors (Lipinski definition) is 1. The second kappa shape index (κ2) is 6.52. The molecule has 94 valence electrons. The van der Waals surface area contributed by atoms with Crippen LogP contribution in [0.4, 0.5) is 5.69 Å². The molecule has 2 rings (SSSR count). The van der Waals surface area contributed by atoms with E-state index in [1.165, 1.54) is 4.88 Å². The molecule has 1 aromatic heterocycles. The van der Waals surface area contributed by atoms with Crippen LogP contribution in [0.15, 0.2) is 47.8 Å². The number of thiophene rings is 1. The van der Waals surface area contributed by atoms with E-state index >= 15 is 0 Å². The number of anilines is 1. The van der Waals surface area contributed by atoms with Crippen LogP contribution in [-0.2, 0) is 6.54 Å². The van der Waals surface area contributed by atoms with Crippen LogP contribution < -0.4 is 5.32 Å². The first-order chi connectivity index (χ1) is 8.79. The molecule has 0 aliphatic heterocycles. The number of hydrogen-bond acceptors (Lipinski definition) is 2. The lowest BCUT2D eigenvalue weighted by molar-refractivity contribution is 0.446. The van der Waals surface area contributed by atoms with E-state index in [1.54, 1.807) is 11.3 Å².